The van der Waals surface area contributed by atoms with E-state index in [1.54, 1.807) is 19.2 Å². The Morgan fingerprint density at radius 2 is 2.33 bits per heavy atom. The third kappa shape index (κ3) is 1.61. The van der Waals surface area contributed by atoms with Crippen LogP contribution in [0.1, 0.15) is 10.5 Å². The quantitative estimate of drug-likeness (QED) is 0.792. The van der Waals surface area contributed by atoms with E-state index >= 15 is 0 Å². The van der Waals surface area contributed by atoms with Gasteiger partial charge in [0.25, 0.3) is 5.91 Å². The van der Waals surface area contributed by atoms with Gasteiger partial charge in [-0.1, -0.05) is 6.07 Å². The highest BCUT2D eigenvalue weighted by molar-refractivity contribution is 5.94. The van der Waals surface area contributed by atoms with Crippen molar-refractivity contribution in [2.45, 2.75) is 0 Å². The van der Waals surface area contributed by atoms with Crippen LogP contribution in [0.15, 0.2) is 24.3 Å². The number of nitrogens with two attached hydrogens (primary N) is 1. The van der Waals surface area contributed by atoms with E-state index in [1.165, 1.54) is 6.07 Å². The topological polar surface area (TPSA) is 65.2 Å². The molecule has 0 fully saturated rings. The highest BCUT2D eigenvalue weighted by Gasteiger charge is 2.06. The summed E-state index contributed by atoms with van der Waals surface area (Å²) >= 11 is 0. The zero-order valence-corrected chi connectivity index (χ0v) is 8.15. The van der Waals surface area contributed by atoms with E-state index in [0.29, 0.717) is 11.3 Å². The van der Waals surface area contributed by atoms with Crippen LogP contribution < -0.4 is 10.5 Å². The molecule has 75 valence electrons. The van der Waals surface area contributed by atoms with Crippen LogP contribution in [-0.2, 0) is 0 Å². The predicted molar refractivity (Wildman–Crippen MR) is 55.6 cm³/mol. The standard InChI is InChI=1S/C11H9N2O2/c1-15-10-4-2-3-8-7(10)5-6-9(13-8)11(12)14/h2-4,6H,1H3,(H2,12,14). The number of fused-ring (bicyclic) bond motifs is 1. The number of carbonyl (C=O) groups excluding carboxylic acids is 1. The first-order valence-corrected chi connectivity index (χ1v) is 4.37. The number of hydrogen-bond acceptors (Lipinski definition) is 3. The number of methoxy groups -OCH3 is 1. The van der Waals surface area contributed by atoms with Gasteiger partial charge in [-0.15, -0.1) is 0 Å². The number of aromatic nitrogens is 1. The van der Waals surface area contributed by atoms with Crippen LogP contribution in [0.2, 0.25) is 0 Å². The largest absolute Gasteiger partial charge is 0.496 e. The van der Waals surface area contributed by atoms with Crippen molar-refractivity contribution in [1.82, 2.24) is 4.98 Å². The van der Waals surface area contributed by atoms with E-state index in [2.05, 4.69) is 11.1 Å². The fourth-order valence-corrected chi connectivity index (χ4v) is 1.36. The first-order chi connectivity index (χ1) is 7.22. The Morgan fingerprint density at radius 1 is 1.53 bits per heavy atom. The van der Waals surface area contributed by atoms with Crippen LogP contribution in [0.25, 0.3) is 10.9 Å². The molecule has 2 aromatic rings. The van der Waals surface area contributed by atoms with Crippen molar-refractivity contribution in [1.29, 1.82) is 0 Å². The molecule has 0 aliphatic heterocycles. The third-order valence-electron chi connectivity index (χ3n) is 2.07. The maximum Gasteiger partial charge on any atom is 0.267 e. The summed E-state index contributed by atoms with van der Waals surface area (Å²) in [5, 5.41) is 0.741. The molecular weight excluding hydrogens is 192 g/mol. The van der Waals surface area contributed by atoms with Crippen LogP contribution in [-0.4, -0.2) is 18.0 Å². The molecule has 0 aliphatic carbocycles. The van der Waals surface area contributed by atoms with Crippen LogP contribution in [0.4, 0.5) is 0 Å². The lowest BCUT2D eigenvalue weighted by Crippen LogP contribution is -2.12. The van der Waals surface area contributed by atoms with Crippen molar-refractivity contribution in [2.24, 2.45) is 5.73 Å². The molecule has 0 spiro atoms. The summed E-state index contributed by atoms with van der Waals surface area (Å²) < 4.78 is 5.14. The molecule has 4 nitrogen and oxygen atoms in total. The maximum absolute atomic E-state index is 10.9. The molecule has 15 heavy (non-hydrogen) atoms. The molecule has 1 aromatic carbocycles. The first-order valence-electron chi connectivity index (χ1n) is 4.37. The number of hydrogen-bond donors (Lipinski definition) is 1. The highest BCUT2D eigenvalue weighted by Crippen LogP contribution is 2.23. The van der Waals surface area contributed by atoms with E-state index < -0.39 is 5.91 Å². The number of pyridine rings is 1. The molecule has 4 heteroatoms. The molecule has 1 radical (unpaired) electrons. The fraction of sp³-hybridized carbons (Fsp3) is 0.0909. The van der Waals surface area contributed by atoms with Crippen molar-refractivity contribution in [2.75, 3.05) is 7.11 Å². The molecule has 0 saturated carbocycles. The molecule has 0 aliphatic rings. The van der Waals surface area contributed by atoms with E-state index in [4.69, 9.17) is 10.5 Å². The SMILES string of the molecule is COc1cccc2nc(C(N)=O)c[c]c12. The Kier molecular flexibility index (Phi) is 2.25. The van der Waals surface area contributed by atoms with Gasteiger partial charge in [0, 0.05) is 0 Å². The monoisotopic (exact) mass is 201 g/mol. The number of rotatable bonds is 2. The molecule has 0 atom stereocenters. The van der Waals surface area contributed by atoms with Crippen molar-refractivity contribution >= 4 is 16.8 Å². The average molecular weight is 201 g/mol. The highest BCUT2D eigenvalue weighted by atomic mass is 16.5. The Morgan fingerprint density at radius 3 is 3.00 bits per heavy atom. The number of amides is 1. The minimum atomic E-state index is -0.559. The third-order valence-corrected chi connectivity index (χ3v) is 2.07. The van der Waals surface area contributed by atoms with Gasteiger partial charge in [0.2, 0.25) is 0 Å². The minimum absolute atomic E-state index is 0.204. The predicted octanol–water partition coefficient (Wildman–Crippen LogP) is 1.14. The zero-order chi connectivity index (χ0) is 10.8. The Hall–Kier alpha value is -2.10. The van der Waals surface area contributed by atoms with E-state index in [1.807, 2.05) is 6.07 Å². The number of ether oxygens (including phenoxy) is 1. The van der Waals surface area contributed by atoms with Gasteiger partial charge < -0.3 is 10.5 Å². The number of nitrogens with zero attached hydrogens (tertiary/aromatic N) is 1. The summed E-state index contributed by atoms with van der Waals surface area (Å²) in [5.41, 5.74) is 5.97. The second kappa shape index (κ2) is 3.57. The van der Waals surface area contributed by atoms with Crippen molar-refractivity contribution in [3.8, 4) is 5.75 Å². The molecule has 1 amide bonds. The number of benzene rings is 1. The smallest absolute Gasteiger partial charge is 0.267 e. The van der Waals surface area contributed by atoms with Crippen molar-refractivity contribution in [3.63, 3.8) is 0 Å². The van der Waals surface area contributed by atoms with Gasteiger partial charge in [0.05, 0.1) is 18.0 Å². The Balaban J connectivity index is 2.69. The lowest BCUT2D eigenvalue weighted by Gasteiger charge is -2.04. The summed E-state index contributed by atoms with van der Waals surface area (Å²) in [6.45, 7) is 0. The second-order valence-corrected chi connectivity index (χ2v) is 3.00. The van der Waals surface area contributed by atoms with Gasteiger partial charge in [-0.2, -0.15) is 0 Å². The zero-order valence-electron chi connectivity index (χ0n) is 8.15. The lowest BCUT2D eigenvalue weighted by atomic mass is 10.2. The number of carbonyl (C=O) groups is 1. The molecule has 1 aromatic heterocycles. The molecule has 0 unspecified atom stereocenters. The van der Waals surface area contributed by atoms with Gasteiger partial charge in [0.1, 0.15) is 11.4 Å². The molecule has 2 rings (SSSR count). The van der Waals surface area contributed by atoms with Crippen LogP contribution >= 0.6 is 0 Å². The second-order valence-electron chi connectivity index (χ2n) is 3.00. The number of primary amides is 1. The minimum Gasteiger partial charge on any atom is -0.496 e. The Bertz CT molecular complexity index is 523. The van der Waals surface area contributed by atoms with Gasteiger partial charge in [-0.25, -0.2) is 4.98 Å². The average Bonchev–Trinajstić information content (AvgIpc) is 2.27. The van der Waals surface area contributed by atoms with Gasteiger partial charge >= 0.3 is 0 Å². The summed E-state index contributed by atoms with van der Waals surface area (Å²) in [4.78, 5) is 15.0. The Labute approximate surface area is 86.7 Å². The molecule has 0 saturated heterocycles. The van der Waals surface area contributed by atoms with Crippen molar-refractivity contribution < 1.29 is 9.53 Å². The van der Waals surface area contributed by atoms with Crippen LogP contribution in [0, 0.1) is 6.07 Å². The molecule has 0 bridgehead atoms. The maximum atomic E-state index is 10.9. The summed E-state index contributed by atoms with van der Waals surface area (Å²) in [5.74, 6) is 0.118. The van der Waals surface area contributed by atoms with Gasteiger partial charge in [-0.3, -0.25) is 4.79 Å². The first kappa shape index (κ1) is 9.45. The van der Waals surface area contributed by atoms with Crippen LogP contribution in [0.5, 0.6) is 5.75 Å². The summed E-state index contributed by atoms with van der Waals surface area (Å²) in [6, 6.07) is 9.78. The van der Waals surface area contributed by atoms with Gasteiger partial charge in [-0.05, 0) is 24.3 Å². The van der Waals surface area contributed by atoms with Crippen molar-refractivity contribution in [3.05, 3.63) is 36.0 Å². The van der Waals surface area contributed by atoms with Gasteiger partial charge in [0.15, 0.2) is 0 Å². The molecular formula is C11H9N2O2. The summed E-state index contributed by atoms with van der Waals surface area (Å²) in [7, 11) is 1.57. The van der Waals surface area contributed by atoms with E-state index in [0.717, 1.165) is 5.39 Å². The lowest BCUT2D eigenvalue weighted by molar-refractivity contribution is 0.0996. The summed E-state index contributed by atoms with van der Waals surface area (Å²) in [6.07, 6.45) is 0. The van der Waals surface area contributed by atoms with E-state index in [-0.39, 0.29) is 5.69 Å². The van der Waals surface area contributed by atoms with E-state index in [9.17, 15) is 4.79 Å². The fourth-order valence-electron chi connectivity index (χ4n) is 1.36. The van der Waals surface area contributed by atoms with Crippen LogP contribution in [0.3, 0.4) is 0 Å². The molecule has 2 N–H and O–H groups in total. The normalized spacial score (nSPS) is 10.2. The molecule has 1 heterocycles.